The second-order valence-electron chi connectivity index (χ2n) is 4.84. The van der Waals surface area contributed by atoms with Crippen LogP contribution < -0.4 is 16.1 Å². The van der Waals surface area contributed by atoms with Crippen molar-refractivity contribution in [1.82, 2.24) is 4.98 Å². The number of para-hydroxylation sites is 2. The van der Waals surface area contributed by atoms with E-state index in [0.29, 0.717) is 22.3 Å². The summed E-state index contributed by atoms with van der Waals surface area (Å²) in [5.74, 6) is -0.306. The number of carbonyl (C=O) groups excluding carboxylic acids is 1. The van der Waals surface area contributed by atoms with E-state index in [2.05, 4.69) is 15.5 Å². The Morgan fingerprint density at radius 3 is 2.67 bits per heavy atom. The Kier molecular flexibility index (Phi) is 2.43. The Morgan fingerprint density at radius 2 is 1.81 bits per heavy atom. The average molecular weight is 277 g/mol. The maximum Gasteiger partial charge on any atom is 0.280 e. The number of aromatic amines is 1. The van der Waals surface area contributed by atoms with Crippen LogP contribution >= 0.6 is 0 Å². The lowest BCUT2D eigenvalue weighted by Crippen LogP contribution is -2.22. The summed E-state index contributed by atoms with van der Waals surface area (Å²) in [5, 5.41) is 11.7. The van der Waals surface area contributed by atoms with Crippen molar-refractivity contribution in [3.63, 3.8) is 0 Å². The van der Waals surface area contributed by atoms with Crippen LogP contribution in [0.25, 0.3) is 16.5 Å². The van der Waals surface area contributed by atoms with Crippen LogP contribution in [0.4, 0.5) is 5.69 Å². The number of carbonyl (C=O) groups is 1. The highest BCUT2D eigenvalue weighted by Gasteiger charge is 2.23. The first kappa shape index (κ1) is 11.9. The fraction of sp³-hybridized carbons (Fsp3) is 0. The molecule has 1 aromatic heterocycles. The molecule has 4 rings (SSSR count). The number of H-pyrrole nitrogens is 1. The minimum absolute atomic E-state index is 0.306. The van der Waals surface area contributed by atoms with Crippen molar-refractivity contribution < 1.29 is 10.0 Å². The first-order valence-electron chi connectivity index (χ1n) is 6.53. The molecule has 0 aliphatic carbocycles. The van der Waals surface area contributed by atoms with Crippen LogP contribution in [0.15, 0.2) is 53.5 Å². The van der Waals surface area contributed by atoms with E-state index in [1.165, 1.54) is 0 Å². The van der Waals surface area contributed by atoms with Crippen LogP contribution in [0.3, 0.4) is 0 Å². The molecule has 0 atom stereocenters. The number of amides is 1. The number of hydrogen-bond donors (Lipinski definition) is 3. The zero-order valence-corrected chi connectivity index (χ0v) is 10.9. The van der Waals surface area contributed by atoms with Gasteiger partial charge in [-0.3, -0.25) is 15.5 Å². The lowest BCUT2D eigenvalue weighted by molar-refractivity contribution is -0.112. The van der Waals surface area contributed by atoms with Gasteiger partial charge in [0.1, 0.15) is 0 Å². The van der Waals surface area contributed by atoms with Crippen LogP contribution in [0.5, 0.6) is 0 Å². The van der Waals surface area contributed by atoms with Crippen LogP contribution in [-0.4, -0.2) is 16.1 Å². The maximum atomic E-state index is 12.2. The Morgan fingerprint density at radius 1 is 1.05 bits per heavy atom. The number of fused-ring (bicyclic) bond motifs is 2. The van der Waals surface area contributed by atoms with Gasteiger partial charge in [0, 0.05) is 16.1 Å². The number of nitrogens with zero attached hydrogens (tertiary/aromatic N) is 1. The SMILES string of the molecule is O=C1N=c2ccccc2=C1c1[nH]c2ccccc2c1NO. The summed E-state index contributed by atoms with van der Waals surface area (Å²) in [6, 6.07) is 14.9. The van der Waals surface area contributed by atoms with E-state index in [1.54, 1.807) is 6.07 Å². The van der Waals surface area contributed by atoms with E-state index >= 15 is 0 Å². The number of rotatable bonds is 2. The lowest BCUT2D eigenvalue weighted by atomic mass is 10.1. The minimum atomic E-state index is -0.306. The first-order chi connectivity index (χ1) is 10.3. The highest BCUT2D eigenvalue weighted by Crippen LogP contribution is 2.31. The molecule has 3 aromatic rings. The molecule has 0 fully saturated rings. The molecule has 3 N–H and O–H groups in total. The van der Waals surface area contributed by atoms with Gasteiger partial charge in [-0.1, -0.05) is 36.4 Å². The van der Waals surface area contributed by atoms with E-state index < -0.39 is 0 Å². The van der Waals surface area contributed by atoms with Crippen molar-refractivity contribution in [2.45, 2.75) is 0 Å². The van der Waals surface area contributed by atoms with Gasteiger partial charge >= 0.3 is 0 Å². The lowest BCUT2D eigenvalue weighted by Gasteiger charge is -2.02. The molecular formula is C16H11N3O2. The molecule has 2 aromatic carbocycles. The van der Waals surface area contributed by atoms with Gasteiger partial charge in [-0.25, -0.2) is 4.99 Å². The predicted molar refractivity (Wildman–Crippen MR) is 78.4 cm³/mol. The predicted octanol–water partition coefficient (Wildman–Crippen LogP) is 1.33. The number of hydrogen-bond acceptors (Lipinski definition) is 3. The number of aromatic nitrogens is 1. The standard InChI is InChI=1S/C16H11N3O2/c20-16-13(9-5-1-3-7-11(9)18-16)15-14(19-21)10-6-2-4-8-12(10)17-15/h1-8,17,19,21H. The topological polar surface area (TPSA) is 77.5 Å². The summed E-state index contributed by atoms with van der Waals surface area (Å²) >= 11 is 0. The molecule has 0 radical (unpaired) electrons. The van der Waals surface area contributed by atoms with Crippen LogP contribution in [0, 0.1) is 0 Å². The molecule has 21 heavy (non-hydrogen) atoms. The molecule has 1 aliphatic heterocycles. The summed E-state index contributed by atoms with van der Waals surface area (Å²) in [4.78, 5) is 19.5. The zero-order valence-electron chi connectivity index (χ0n) is 10.9. The van der Waals surface area contributed by atoms with E-state index in [-0.39, 0.29) is 5.91 Å². The molecule has 1 amide bonds. The van der Waals surface area contributed by atoms with Crippen molar-refractivity contribution in [2.75, 3.05) is 5.48 Å². The molecule has 0 bridgehead atoms. The van der Waals surface area contributed by atoms with Gasteiger partial charge in [-0.05, 0) is 12.1 Å². The summed E-state index contributed by atoms with van der Waals surface area (Å²) in [6.07, 6.45) is 0. The monoisotopic (exact) mass is 277 g/mol. The number of nitrogens with one attached hydrogen (secondary N) is 2. The van der Waals surface area contributed by atoms with Crippen molar-refractivity contribution in [2.24, 2.45) is 4.99 Å². The van der Waals surface area contributed by atoms with Gasteiger partial charge in [0.2, 0.25) is 0 Å². The van der Waals surface area contributed by atoms with Crippen molar-refractivity contribution in [3.8, 4) is 0 Å². The Hall–Kier alpha value is -2.92. The van der Waals surface area contributed by atoms with Crippen LogP contribution in [-0.2, 0) is 4.79 Å². The van der Waals surface area contributed by atoms with E-state index in [4.69, 9.17) is 0 Å². The third-order valence-electron chi connectivity index (χ3n) is 3.68. The third kappa shape index (κ3) is 1.61. The molecule has 5 heteroatoms. The molecular weight excluding hydrogens is 266 g/mol. The zero-order chi connectivity index (χ0) is 14.4. The largest absolute Gasteiger partial charge is 0.353 e. The summed E-state index contributed by atoms with van der Waals surface area (Å²) in [5.41, 5.74) is 4.55. The summed E-state index contributed by atoms with van der Waals surface area (Å²) < 4.78 is 0. The fourth-order valence-corrected chi connectivity index (χ4v) is 2.75. The highest BCUT2D eigenvalue weighted by molar-refractivity contribution is 6.23. The van der Waals surface area contributed by atoms with Gasteiger partial charge < -0.3 is 4.98 Å². The summed E-state index contributed by atoms with van der Waals surface area (Å²) in [6.45, 7) is 0. The fourth-order valence-electron chi connectivity index (χ4n) is 2.75. The van der Waals surface area contributed by atoms with Crippen molar-refractivity contribution in [1.29, 1.82) is 0 Å². The van der Waals surface area contributed by atoms with E-state index in [0.717, 1.165) is 16.1 Å². The van der Waals surface area contributed by atoms with Gasteiger partial charge in [0.25, 0.3) is 5.91 Å². The summed E-state index contributed by atoms with van der Waals surface area (Å²) in [7, 11) is 0. The van der Waals surface area contributed by atoms with Crippen LogP contribution in [0.1, 0.15) is 5.69 Å². The Bertz CT molecular complexity index is 1000. The first-order valence-corrected chi connectivity index (χ1v) is 6.53. The smallest absolute Gasteiger partial charge is 0.280 e. The molecule has 0 saturated carbocycles. The van der Waals surface area contributed by atoms with Gasteiger partial charge in [0.15, 0.2) is 0 Å². The molecule has 102 valence electrons. The van der Waals surface area contributed by atoms with E-state index in [1.807, 2.05) is 42.5 Å². The van der Waals surface area contributed by atoms with Gasteiger partial charge in [0.05, 0.1) is 22.3 Å². The molecule has 5 nitrogen and oxygen atoms in total. The third-order valence-corrected chi connectivity index (χ3v) is 3.68. The minimum Gasteiger partial charge on any atom is -0.353 e. The van der Waals surface area contributed by atoms with Crippen molar-refractivity contribution >= 4 is 28.1 Å². The van der Waals surface area contributed by atoms with Gasteiger partial charge in [-0.2, -0.15) is 0 Å². The number of benzene rings is 2. The molecule has 0 spiro atoms. The quantitative estimate of drug-likeness (QED) is 0.618. The molecule has 1 aliphatic rings. The Labute approximate surface area is 119 Å². The second kappa shape index (κ2) is 4.29. The number of anilines is 1. The van der Waals surface area contributed by atoms with Crippen molar-refractivity contribution in [3.05, 3.63) is 64.8 Å². The Balaban J connectivity index is 2.13. The van der Waals surface area contributed by atoms with Gasteiger partial charge in [-0.15, -0.1) is 0 Å². The average Bonchev–Trinajstić information content (AvgIpc) is 3.02. The second-order valence-corrected chi connectivity index (χ2v) is 4.84. The highest BCUT2D eigenvalue weighted by atomic mass is 16.5. The van der Waals surface area contributed by atoms with E-state index in [9.17, 15) is 10.0 Å². The normalized spacial score (nSPS) is 13.4. The molecule has 2 heterocycles. The van der Waals surface area contributed by atoms with Crippen LogP contribution in [0.2, 0.25) is 0 Å². The maximum absolute atomic E-state index is 12.2. The molecule has 0 unspecified atom stereocenters. The molecule has 0 saturated heterocycles.